The zero-order valence-electron chi connectivity index (χ0n) is 43.1. The van der Waals surface area contributed by atoms with Gasteiger partial charge in [0.15, 0.2) is 6.10 Å². The van der Waals surface area contributed by atoms with E-state index in [-0.39, 0.29) is 31.1 Å². The number of unbranched alkanes of at least 4 members (excludes halogenated alkanes) is 37. The second-order valence-electron chi connectivity index (χ2n) is 19.2. The Labute approximate surface area is 398 Å². The van der Waals surface area contributed by atoms with E-state index in [2.05, 4.69) is 45.1 Å². The third-order valence-corrected chi connectivity index (χ3v) is 12.7. The molecular weight excluding hydrogens is 793 g/mol. The van der Waals surface area contributed by atoms with Gasteiger partial charge in [0.2, 0.25) is 0 Å². The summed E-state index contributed by atoms with van der Waals surface area (Å²) >= 11 is 0. The highest BCUT2D eigenvalue weighted by atomic mass is 16.6. The van der Waals surface area contributed by atoms with Crippen LogP contribution in [0, 0.1) is 0 Å². The lowest BCUT2D eigenvalue weighted by molar-refractivity contribution is -0.167. The monoisotopic (exact) mass is 901 g/mol. The minimum atomic E-state index is -0.772. The van der Waals surface area contributed by atoms with Crippen molar-refractivity contribution in [1.82, 2.24) is 0 Å². The smallest absolute Gasteiger partial charge is 0.306 e. The van der Waals surface area contributed by atoms with E-state index in [4.69, 9.17) is 14.2 Å². The number of rotatable bonds is 52. The molecule has 64 heavy (non-hydrogen) atoms. The Morgan fingerprint density at radius 2 is 0.562 bits per heavy atom. The van der Waals surface area contributed by atoms with E-state index in [0.717, 1.165) is 77.0 Å². The average molecular weight is 901 g/mol. The van der Waals surface area contributed by atoms with E-state index >= 15 is 0 Å². The Morgan fingerprint density at radius 1 is 0.312 bits per heavy atom. The largest absolute Gasteiger partial charge is 0.462 e. The fourth-order valence-electron chi connectivity index (χ4n) is 8.42. The molecule has 1 atom stereocenters. The molecule has 0 aromatic carbocycles. The van der Waals surface area contributed by atoms with Gasteiger partial charge in [-0.25, -0.2) is 0 Å². The summed E-state index contributed by atoms with van der Waals surface area (Å²) < 4.78 is 16.8. The molecule has 0 spiro atoms. The van der Waals surface area contributed by atoms with Crippen molar-refractivity contribution in [2.24, 2.45) is 0 Å². The van der Waals surface area contributed by atoms with Crippen LogP contribution in [0.2, 0.25) is 0 Å². The van der Waals surface area contributed by atoms with Crippen molar-refractivity contribution >= 4 is 17.9 Å². The van der Waals surface area contributed by atoms with E-state index in [1.165, 1.54) is 193 Å². The SMILES string of the molecule is CCCCCC/C=C\C/C=C\CCCCCCCC(=O)OC(COC(=O)CCCCCCCCCCC)COC(=O)CCCCCCCCCCCCCCCCCCCCCCC. The van der Waals surface area contributed by atoms with Crippen molar-refractivity contribution in [1.29, 1.82) is 0 Å². The molecule has 0 amide bonds. The summed E-state index contributed by atoms with van der Waals surface area (Å²) in [5, 5.41) is 0. The van der Waals surface area contributed by atoms with Crippen molar-refractivity contribution in [3.63, 3.8) is 0 Å². The number of hydrogen-bond acceptors (Lipinski definition) is 6. The fourth-order valence-corrected chi connectivity index (χ4v) is 8.42. The minimum Gasteiger partial charge on any atom is -0.462 e. The number of allylic oxidation sites excluding steroid dienone is 4. The van der Waals surface area contributed by atoms with Gasteiger partial charge >= 0.3 is 17.9 Å². The van der Waals surface area contributed by atoms with Gasteiger partial charge in [0, 0.05) is 19.3 Å². The van der Waals surface area contributed by atoms with Gasteiger partial charge in [0.1, 0.15) is 13.2 Å². The Bertz CT molecular complexity index is 1040. The minimum absolute atomic E-state index is 0.0720. The van der Waals surface area contributed by atoms with Crippen molar-refractivity contribution in [3.8, 4) is 0 Å². The molecule has 0 aromatic rings. The fraction of sp³-hybridized carbons (Fsp3) is 0.879. The first-order valence-electron chi connectivity index (χ1n) is 28.3. The third-order valence-electron chi connectivity index (χ3n) is 12.7. The van der Waals surface area contributed by atoms with Gasteiger partial charge in [-0.15, -0.1) is 0 Å². The molecule has 0 saturated heterocycles. The Morgan fingerprint density at radius 3 is 0.875 bits per heavy atom. The summed E-state index contributed by atoms with van der Waals surface area (Å²) in [6, 6.07) is 0. The van der Waals surface area contributed by atoms with Crippen LogP contribution < -0.4 is 0 Å². The lowest BCUT2D eigenvalue weighted by Crippen LogP contribution is -2.30. The summed E-state index contributed by atoms with van der Waals surface area (Å²) in [5.74, 6) is -0.871. The highest BCUT2D eigenvalue weighted by Gasteiger charge is 2.19. The lowest BCUT2D eigenvalue weighted by Gasteiger charge is -2.18. The standard InChI is InChI=1S/C58H108O6/c1-4-7-10-13-16-19-21-23-25-27-28-29-30-31-33-34-36-39-42-45-48-51-57(60)63-54-55(53-62-56(59)50-47-44-41-38-18-15-12-9-6-3)64-58(61)52-49-46-43-40-37-35-32-26-24-22-20-17-14-11-8-5-2/h20,22,26,32,55H,4-19,21,23-25,27-31,33-54H2,1-3H3/b22-20-,32-26-. The number of carbonyl (C=O) groups excluding carboxylic acids is 3. The van der Waals surface area contributed by atoms with Crippen molar-refractivity contribution in [2.75, 3.05) is 13.2 Å². The number of esters is 3. The van der Waals surface area contributed by atoms with Crippen LogP contribution in [-0.2, 0) is 28.6 Å². The first-order valence-corrected chi connectivity index (χ1v) is 28.3. The molecule has 0 radical (unpaired) electrons. The molecule has 0 aliphatic rings. The van der Waals surface area contributed by atoms with Crippen molar-refractivity contribution in [2.45, 2.75) is 316 Å². The van der Waals surface area contributed by atoms with Crippen LogP contribution in [-0.4, -0.2) is 37.2 Å². The predicted molar refractivity (Wildman–Crippen MR) is 275 cm³/mol. The van der Waals surface area contributed by atoms with Crippen LogP contribution in [0.3, 0.4) is 0 Å². The zero-order valence-corrected chi connectivity index (χ0v) is 43.1. The molecule has 0 aliphatic heterocycles. The summed E-state index contributed by atoms with van der Waals surface area (Å²) in [4.78, 5) is 38.0. The molecule has 0 aliphatic carbocycles. The molecule has 1 unspecified atom stereocenters. The van der Waals surface area contributed by atoms with Gasteiger partial charge in [0.25, 0.3) is 0 Å². The van der Waals surface area contributed by atoms with E-state index in [0.29, 0.717) is 19.3 Å². The normalized spacial score (nSPS) is 12.1. The maximum absolute atomic E-state index is 12.8. The van der Waals surface area contributed by atoms with Crippen LogP contribution >= 0.6 is 0 Å². The van der Waals surface area contributed by atoms with E-state index in [1.807, 2.05) is 0 Å². The first kappa shape index (κ1) is 61.9. The maximum Gasteiger partial charge on any atom is 0.306 e. The van der Waals surface area contributed by atoms with Crippen molar-refractivity contribution in [3.05, 3.63) is 24.3 Å². The topological polar surface area (TPSA) is 78.9 Å². The van der Waals surface area contributed by atoms with Gasteiger partial charge in [0.05, 0.1) is 0 Å². The summed E-state index contributed by atoms with van der Waals surface area (Å²) in [5.41, 5.74) is 0. The Balaban J connectivity index is 4.23. The van der Waals surface area contributed by atoms with E-state index < -0.39 is 6.10 Å². The molecule has 0 N–H and O–H groups in total. The third kappa shape index (κ3) is 50.9. The molecule has 376 valence electrons. The molecule has 0 fully saturated rings. The van der Waals surface area contributed by atoms with Crippen LogP contribution in [0.5, 0.6) is 0 Å². The molecule has 0 bridgehead atoms. The van der Waals surface area contributed by atoms with Crippen LogP contribution in [0.25, 0.3) is 0 Å². The quantitative estimate of drug-likeness (QED) is 0.0262. The number of carbonyl (C=O) groups is 3. The maximum atomic E-state index is 12.8. The second kappa shape index (κ2) is 53.5. The van der Waals surface area contributed by atoms with Gasteiger partial charge in [-0.1, -0.05) is 263 Å². The number of ether oxygens (including phenoxy) is 3. The van der Waals surface area contributed by atoms with Gasteiger partial charge < -0.3 is 14.2 Å². The van der Waals surface area contributed by atoms with Gasteiger partial charge in [-0.3, -0.25) is 14.4 Å². The Hall–Kier alpha value is -2.11. The molecule has 0 rings (SSSR count). The molecular formula is C58H108O6. The molecule has 6 heteroatoms. The van der Waals surface area contributed by atoms with E-state index in [1.54, 1.807) is 0 Å². The molecule has 6 nitrogen and oxygen atoms in total. The van der Waals surface area contributed by atoms with Crippen LogP contribution in [0.1, 0.15) is 310 Å². The van der Waals surface area contributed by atoms with E-state index in [9.17, 15) is 14.4 Å². The van der Waals surface area contributed by atoms with Crippen molar-refractivity contribution < 1.29 is 28.6 Å². The van der Waals surface area contributed by atoms with Crippen LogP contribution in [0.4, 0.5) is 0 Å². The highest BCUT2D eigenvalue weighted by molar-refractivity contribution is 5.71. The van der Waals surface area contributed by atoms with Crippen LogP contribution in [0.15, 0.2) is 24.3 Å². The predicted octanol–water partition coefficient (Wildman–Crippen LogP) is 18.7. The lowest BCUT2D eigenvalue weighted by atomic mass is 10.0. The highest BCUT2D eigenvalue weighted by Crippen LogP contribution is 2.17. The average Bonchev–Trinajstić information content (AvgIpc) is 3.29. The van der Waals surface area contributed by atoms with Gasteiger partial charge in [-0.05, 0) is 51.4 Å². The molecule has 0 saturated carbocycles. The molecule has 0 heterocycles. The number of hydrogen-bond donors (Lipinski definition) is 0. The summed E-state index contributed by atoms with van der Waals surface area (Å²) in [6.45, 7) is 6.63. The second-order valence-corrected chi connectivity index (χ2v) is 19.2. The zero-order chi connectivity index (χ0) is 46.5. The molecule has 0 aromatic heterocycles. The first-order chi connectivity index (χ1) is 31.5. The summed E-state index contributed by atoms with van der Waals surface area (Å²) in [7, 11) is 0. The van der Waals surface area contributed by atoms with Gasteiger partial charge in [-0.2, -0.15) is 0 Å². The summed E-state index contributed by atoms with van der Waals surface area (Å²) in [6.07, 6.45) is 61.8. The Kier molecular flexibility index (Phi) is 51.7.